The number of nitrogens with zero attached hydrogens (tertiary/aromatic N) is 2. The molecule has 0 aliphatic heterocycles. The quantitative estimate of drug-likeness (QED) is 0.497. The Hall–Kier alpha value is -1.25. The summed E-state index contributed by atoms with van der Waals surface area (Å²) in [5.74, 6) is -1.54. The molecule has 1 aromatic carbocycles. The van der Waals surface area contributed by atoms with Crippen molar-refractivity contribution in [2.45, 2.75) is 38.9 Å². The van der Waals surface area contributed by atoms with E-state index in [1.807, 2.05) is 25.1 Å². The molecule has 0 radical (unpaired) electrons. The first-order chi connectivity index (χ1) is 7.14. The minimum absolute atomic E-state index is 0.430. The summed E-state index contributed by atoms with van der Waals surface area (Å²) in [4.78, 5) is 0. The van der Waals surface area contributed by atoms with Gasteiger partial charge in [-0.3, -0.25) is 0 Å². The average Bonchev–Trinajstić information content (AvgIpc) is 2.25. The Morgan fingerprint density at radius 2 is 1.93 bits per heavy atom. The number of alkyl halides is 1. The Morgan fingerprint density at radius 1 is 1.27 bits per heavy atom. The van der Waals surface area contributed by atoms with Crippen LogP contribution in [0.5, 0.6) is 0 Å². The van der Waals surface area contributed by atoms with E-state index in [-0.39, 0.29) is 0 Å². The van der Waals surface area contributed by atoms with E-state index in [4.69, 9.17) is 0 Å². The topological polar surface area (TPSA) is 24.7 Å². The number of hydrogen-bond donors (Lipinski definition) is 0. The Bertz CT molecular complexity index is 307. The van der Waals surface area contributed by atoms with Gasteiger partial charge in [-0.2, -0.15) is 5.11 Å². The SMILES string of the molecule is CCCCC(C)(F)/N=N/c1ccccc1. The van der Waals surface area contributed by atoms with Crippen molar-refractivity contribution in [3.8, 4) is 0 Å². The smallest absolute Gasteiger partial charge is 0.216 e. The van der Waals surface area contributed by atoms with Crippen LogP contribution in [0.2, 0.25) is 0 Å². The van der Waals surface area contributed by atoms with E-state index >= 15 is 0 Å². The first kappa shape index (κ1) is 11.8. The van der Waals surface area contributed by atoms with E-state index in [1.165, 1.54) is 6.92 Å². The van der Waals surface area contributed by atoms with Crippen LogP contribution in [0.25, 0.3) is 0 Å². The zero-order chi connectivity index (χ0) is 11.1. The molecule has 0 fully saturated rings. The lowest BCUT2D eigenvalue weighted by Gasteiger charge is -2.12. The summed E-state index contributed by atoms with van der Waals surface area (Å²) in [5, 5.41) is 7.60. The number of unbranched alkanes of at least 4 members (excludes halogenated alkanes) is 1. The van der Waals surface area contributed by atoms with Crippen molar-refractivity contribution in [1.29, 1.82) is 0 Å². The molecule has 1 aromatic rings. The third kappa shape index (κ3) is 4.68. The molecule has 0 spiro atoms. The molecule has 0 bridgehead atoms. The van der Waals surface area contributed by atoms with Crippen LogP contribution < -0.4 is 0 Å². The molecule has 0 aliphatic carbocycles. The minimum Gasteiger partial charge on any atom is -0.216 e. The fourth-order valence-electron chi connectivity index (χ4n) is 1.21. The van der Waals surface area contributed by atoms with Crippen LogP contribution in [0, 0.1) is 0 Å². The highest BCUT2D eigenvalue weighted by molar-refractivity contribution is 5.34. The standard InChI is InChI=1S/C12H17FN2/c1-3-4-10-12(2,13)15-14-11-8-6-5-7-9-11/h5-9H,3-4,10H2,1-2H3/b15-14+. The molecule has 0 aliphatic rings. The van der Waals surface area contributed by atoms with Gasteiger partial charge < -0.3 is 0 Å². The number of azo groups is 1. The van der Waals surface area contributed by atoms with E-state index in [0.717, 1.165) is 12.8 Å². The maximum Gasteiger partial charge on any atom is 0.217 e. The summed E-state index contributed by atoms with van der Waals surface area (Å²) >= 11 is 0. The Balaban J connectivity index is 2.56. The molecule has 1 rings (SSSR count). The van der Waals surface area contributed by atoms with Crippen molar-refractivity contribution in [2.75, 3.05) is 0 Å². The zero-order valence-electron chi connectivity index (χ0n) is 9.28. The van der Waals surface area contributed by atoms with Crippen LogP contribution in [-0.4, -0.2) is 5.79 Å². The molecular weight excluding hydrogens is 191 g/mol. The van der Waals surface area contributed by atoms with Crippen LogP contribution >= 0.6 is 0 Å². The molecule has 3 heteroatoms. The summed E-state index contributed by atoms with van der Waals surface area (Å²) in [6, 6.07) is 9.22. The first-order valence-electron chi connectivity index (χ1n) is 5.31. The molecular formula is C12H17FN2. The third-order valence-corrected chi connectivity index (χ3v) is 2.12. The summed E-state index contributed by atoms with van der Waals surface area (Å²) in [6.45, 7) is 3.50. The summed E-state index contributed by atoms with van der Waals surface area (Å²) < 4.78 is 13.7. The number of halogens is 1. The largest absolute Gasteiger partial charge is 0.217 e. The Kier molecular flexibility index (Phi) is 4.40. The van der Waals surface area contributed by atoms with Crippen molar-refractivity contribution in [3.63, 3.8) is 0 Å². The van der Waals surface area contributed by atoms with Gasteiger partial charge in [0.25, 0.3) is 0 Å². The molecule has 0 saturated heterocycles. The lowest BCUT2D eigenvalue weighted by Crippen LogP contribution is -2.12. The van der Waals surface area contributed by atoms with Gasteiger partial charge in [0.05, 0.1) is 5.69 Å². The normalized spacial score (nSPS) is 15.4. The van der Waals surface area contributed by atoms with Gasteiger partial charge in [-0.15, -0.1) is 5.11 Å². The molecule has 0 amide bonds. The van der Waals surface area contributed by atoms with Crippen LogP contribution in [0.3, 0.4) is 0 Å². The van der Waals surface area contributed by atoms with E-state index in [2.05, 4.69) is 10.2 Å². The highest BCUT2D eigenvalue weighted by Crippen LogP contribution is 2.23. The van der Waals surface area contributed by atoms with E-state index in [1.54, 1.807) is 12.1 Å². The van der Waals surface area contributed by atoms with Crippen molar-refractivity contribution < 1.29 is 4.39 Å². The van der Waals surface area contributed by atoms with Crippen molar-refractivity contribution >= 4 is 5.69 Å². The van der Waals surface area contributed by atoms with Crippen LogP contribution in [0.4, 0.5) is 10.1 Å². The van der Waals surface area contributed by atoms with Gasteiger partial charge in [-0.25, -0.2) is 4.39 Å². The molecule has 2 nitrogen and oxygen atoms in total. The molecule has 1 unspecified atom stereocenters. The molecule has 1 atom stereocenters. The first-order valence-corrected chi connectivity index (χ1v) is 5.31. The number of rotatable bonds is 5. The minimum atomic E-state index is -1.54. The fraction of sp³-hybridized carbons (Fsp3) is 0.500. The van der Waals surface area contributed by atoms with Gasteiger partial charge in [0.1, 0.15) is 0 Å². The molecule has 0 N–H and O–H groups in total. The van der Waals surface area contributed by atoms with Crippen LogP contribution in [-0.2, 0) is 0 Å². The molecule has 15 heavy (non-hydrogen) atoms. The monoisotopic (exact) mass is 208 g/mol. The second-order valence-electron chi connectivity index (χ2n) is 3.78. The van der Waals surface area contributed by atoms with Gasteiger partial charge in [-0.1, -0.05) is 31.5 Å². The van der Waals surface area contributed by atoms with Gasteiger partial charge in [0, 0.05) is 6.42 Å². The zero-order valence-corrected chi connectivity index (χ0v) is 9.28. The van der Waals surface area contributed by atoms with Crippen molar-refractivity contribution in [1.82, 2.24) is 0 Å². The molecule has 0 heterocycles. The number of hydrogen-bond acceptors (Lipinski definition) is 2. The summed E-state index contributed by atoms with van der Waals surface area (Å²) in [5.41, 5.74) is 0.692. The Morgan fingerprint density at radius 3 is 2.53 bits per heavy atom. The second-order valence-corrected chi connectivity index (χ2v) is 3.78. The molecule has 0 aromatic heterocycles. The Labute approximate surface area is 90.2 Å². The fourth-order valence-corrected chi connectivity index (χ4v) is 1.21. The molecule has 82 valence electrons. The maximum absolute atomic E-state index is 13.7. The van der Waals surface area contributed by atoms with Crippen molar-refractivity contribution in [2.24, 2.45) is 10.2 Å². The van der Waals surface area contributed by atoms with Gasteiger partial charge in [-0.05, 0) is 25.5 Å². The average molecular weight is 208 g/mol. The maximum atomic E-state index is 13.7. The van der Waals surface area contributed by atoms with Crippen LogP contribution in [0.1, 0.15) is 33.1 Å². The van der Waals surface area contributed by atoms with E-state index in [9.17, 15) is 4.39 Å². The summed E-state index contributed by atoms with van der Waals surface area (Å²) in [6.07, 6.45) is 2.24. The predicted molar refractivity (Wildman–Crippen MR) is 60.0 cm³/mol. The highest BCUT2D eigenvalue weighted by Gasteiger charge is 2.20. The third-order valence-electron chi connectivity index (χ3n) is 2.12. The number of benzene rings is 1. The van der Waals surface area contributed by atoms with E-state index < -0.39 is 5.79 Å². The lowest BCUT2D eigenvalue weighted by molar-refractivity contribution is 0.173. The predicted octanol–water partition coefficient (Wildman–Crippen LogP) is 4.65. The van der Waals surface area contributed by atoms with Gasteiger partial charge in [0.15, 0.2) is 0 Å². The molecule has 0 saturated carbocycles. The van der Waals surface area contributed by atoms with Gasteiger partial charge >= 0.3 is 0 Å². The van der Waals surface area contributed by atoms with Gasteiger partial charge in [0.2, 0.25) is 5.79 Å². The lowest BCUT2D eigenvalue weighted by atomic mass is 10.1. The van der Waals surface area contributed by atoms with Crippen molar-refractivity contribution in [3.05, 3.63) is 30.3 Å². The second kappa shape index (κ2) is 5.59. The van der Waals surface area contributed by atoms with E-state index in [0.29, 0.717) is 12.1 Å². The highest BCUT2D eigenvalue weighted by atomic mass is 19.1. The van der Waals surface area contributed by atoms with Crippen LogP contribution in [0.15, 0.2) is 40.6 Å². The summed E-state index contributed by atoms with van der Waals surface area (Å²) in [7, 11) is 0.